The van der Waals surface area contributed by atoms with Crippen molar-refractivity contribution in [1.29, 1.82) is 0 Å². The monoisotopic (exact) mass is 270 g/mol. The second-order valence-corrected chi connectivity index (χ2v) is 4.99. The number of benzene rings is 1. The number of H-pyrrole nitrogens is 2. The minimum Gasteiger partial charge on any atom is -0.251 e. The zero-order valence-corrected chi connectivity index (χ0v) is 10.8. The molecule has 1 amide bonds. The molecule has 4 nitrogen and oxygen atoms in total. The number of carbonyl (C=O) groups excluding carboxylic acids is 1. The zero-order chi connectivity index (χ0) is 13.1. The van der Waals surface area contributed by atoms with Crippen LogP contribution in [0.25, 0.3) is 17.1 Å². The molecular formula is C14H12N3OS+. The fourth-order valence-electron chi connectivity index (χ4n) is 1.77. The van der Waals surface area contributed by atoms with Crippen molar-refractivity contribution in [2.75, 3.05) is 5.32 Å². The quantitative estimate of drug-likeness (QED) is 0.706. The molecule has 3 N–H and O–H groups in total. The molecule has 0 aliphatic heterocycles. The van der Waals surface area contributed by atoms with Crippen LogP contribution < -0.4 is 10.3 Å². The number of thiophene rings is 1. The summed E-state index contributed by atoms with van der Waals surface area (Å²) in [5.41, 5.74) is 1.92. The number of para-hydroxylation sites is 2. The van der Waals surface area contributed by atoms with Crippen LogP contribution in [0.5, 0.6) is 0 Å². The van der Waals surface area contributed by atoms with Crippen LogP contribution in [-0.2, 0) is 4.79 Å². The van der Waals surface area contributed by atoms with E-state index in [2.05, 4.69) is 15.3 Å². The normalized spacial score (nSPS) is 11.2. The Morgan fingerprint density at radius 2 is 2.16 bits per heavy atom. The van der Waals surface area contributed by atoms with Gasteiger partial charge in [0.1, 0.15) is 11.0 Å². The number of carbonyl (C=O) groups is 1. The molecule has 0 fully saturated rings. The first-order valence-corrected chi connectivity index (χ1v) is 6.72. The van der Waals surface area contributed by atoms with Gasteiger partial charge in [-0.2, -0.15) is 0 Å². The molecular weight excluding hydrogens is 258 g/mol. The lowest BCUT2D eigenvalue weighted by molar-refractivity contribution is -0.326. The third-order valence-corrected chi connectivity index (χ3v) is 3.47. The Kier molecular flexibility index (Phi) is 3.12. The van der Waals surface area contributed by atoms with Crippen LogP contribution in [0.4, 0.5) is 5.95 Å². The SMILES string of the molecule is O=C(C=Cc1cccs1)Nc1[nH]c2ccccc2[nH+]1. The van der Waals surface area contributed by atoms with Crippen molar-refractivity contribution in [1.82, 2.24) is 4.98 Å². The summed E-state index contributed by atoms with van der Waals surface area (Å²) in [6, 6.07) is 11.7. The molecule has 0 bridgehead atoms. The van der Waals surface area contributed by atoms with E-state index >= 15 is 0 Å². The van der Waals surface area contributed by atoms with Gasteiger partial charge in [-0.05, 0) is 29.7 Å². The Balaban J connectivity index is 1.72. The Morgan fingerprint density at radius 1 is 1.26 bits per heavy atom. The van der Waals surface area contributed by atoms with Crippen molar-refractivity contribution in [2.24, 2.45) is 0 Å². The maximum absolute atomic E-state index is 11.8. The van der Waals surface area contributed by atoms with Crippen LogP contribution in [-0.4, -0.2) is 10.9 Å². The van der Waals surface area contributed by atoms with Crippen molar-refractivity contribution < 1.29 is 9.78 Å². The van der Waals surface area contributed by atoms with Crippen LogP contribution in [0.2, 0.25) is 0 Å². The van der Waals surface area contributed by atoms with Gasteiger partial charge in [0, 0.05) is 11.0 Å². The summed E-state index contributed by atoms with van der Waals surface area (Å²) in [4.78, 5) is 19.0. The summed E-state index contributed by atoms with van der Waals surface area (Å²) in [5.74, 6) is 0.415. The number of imidazole rings is 1. The second-order valence-electron chi connectivity index (χ2n) is 4.01. The number of rotatable bonds is 3. The van der Waals surface area contributed by atoms with Gasteiger partial charge in [0.05, 0.1) is 0 Å². The van der Waals surface area contributed by atoms with Crippen LogP contribution in [0.3, 0.4) is 0 Å². The van der Waals surface area contributed by atoms with Gasteiger partial charge in [0.15, 0.2) is 0 Å². The number of aromatic nitrogens is 2. The molecule has 94 valence electrons. The van der Waals surface area contributed by atoms with Crippen LogP contribution in [0.1, 0.15) is 4.88 Å². The number of fused-ring (bicyclic) bond motifs is 1. The van der Waals surface area contributed by atoms with Crippen molar-refractivity contribution in [3.05, 3.63) is 52.7 Å². The molecule has 0 spiro atoms. The van der Waals surface area contributed by atoms with E-state index in [4.69, 9.17) is 0 Å². The largest absolute Gasteiger partial charge is 0.361 e. The second kappa shape index (κ2) is 5.07. The lowest BCUT2D eigenvalue weighted by Gasteiger charge is -1.88. The number of nitrogens with one attached hydrogen (secondary N) is 3. The van der Waals surface area contributed by atoms with E-state index in [0.717, 1.165) is 15.9 Å². The lowest BCUT2D eigenvalue weighted by Crippen LogP contribution is -2.15. The van der Waals surface area contributed by atoms with Crippen molar-refractivity contribution in [3.63, 3.8) is 0 Å². The topological polar surface area (TPSA) is 59.0 Å². The summed E-state index contributed by atoms with van der Waals surface area (Å²) in [5, 5.41) is 4.74. The minimum absolute atomic E-state index is 0.170. The maximum atomic E-state index is 11.8. The number of hydrogen-bond acceptors (Lipinski definition) is 2. The molecule has 2 heterocycles. The number of aromatic amines is 2. The first-order valence-electron chi connectivity index (χ1n) is 5.84. The van der Waals surface area contributed by atoms with E-state index in [1.807, 2.05) is 41.8 Å². The average Bonchev–Trinajstić information content (AvgIpc) is 3.04. The van der Waals surface area contributed by atoms with Gasteiger partial charge in [0.2, 0.25) is 0 Å². The number of anilines is 1. The van der Waals surface area contributed by atoms with Crippen molar-refractivity contribution in [2.45, 2.75) is 0 Å². The summed E-state index contributed by atoms with van der Waals surface area (Å²) in [6.07, 6.45) is 3.31. The highest BCUT2D eigenvalue weighted by Crippen LogP contribution is 2.11. The van der Waals surface area contributed by atoms with E-state index in [1.54, 1.807) is 17.4 Å². The molecule has 19 heavy (non-hydrogen) atoms. The maximum Gasteiger partial charge on any atom is 0.361 e. The first kappa shape index (κ1) is 11.7. The van der Waals surface area contributed by atoms with Gasteiger partial charge in [-0.3, -0.25) is 4.79 Å². The molecule has 0 atom stereocenters. The number of hydrogen-bond donors (Lipinski definition) is 2. The van der Waals surface area contributed by atoms with Gasteiger partial charge in [-0.25, -0.2) is 15.3 Å². The first-order chi connectivity index (χ1) is 9.31. The van der Waals surface area contributed by atoms with Crippen molar-refractivity contribution >= 4 is 40.3 Å². The van der Waals surface area contributed by atoms with E-state index in [-0.39, 0.29) is 5.91 Å². The smallest absolute Gasteiger partial charge is 0.251 e. The molecule has 0 radical (unpaired) electrons. The highest BCUT2D eigenvalue weighted by Gasteiger charge is 2.10. The van der Waals surface area contributed by atoms with Gasteiger partial charge in [-0.15, -0.1) is 11.3 Å². The summed E-state index contributed by atoms with van der Waals surface area (Å²) in [7, 11) is 0. The predicted molar refractivity (Wildman–Crippen MR) is 76.8 cm³/mol. The highest BCUT2D eigenvalue weighted by molar-refractivity contribution is 7.10. The molecule has 0 unspecified atom stereocenters. The molecule has 0 saturated heterocycles. The van der Waals surface area contributed by atoms with Gasteiger partial charge in [-0.1, -0.05) is 18.2 Å². The summed E-state index contributed by atoms with van der Waals surface area (Å²) >= 11 is 1.59. The Hall–Kier alpha value is -2.40. The average molecular weight is 270 g/mol. The molecule has 5 heteroatoms. The molecule has 2 aromatic heterocycles. The lowest BCUT2D eigenvalue weighted by atomic mass is 10.3. The molecule has 0 aliphatic rings. The molecule has 0 aliphatic carbocycles. The van der Waals surface area contributed by atoms with Gasteiger partial charge in [0.25, 0.3) is 0 Å². The highest BCUT2D eigenvalue weighted by atomic mass is 32.1. The molecule has 3 rings (SSSR count). The summed E-state index contributed by atoms with van der Waals surface area (Å²) < 4.78 is 0. The van der Waals surface area contributed by atoms with Crippen LogP contribution in [0.15, 0.2) is 47.9 Å². The third-order valence-electron chi connectivity index (χ3n) is 2.64. The predicted octanol–water partition coefficient (Wildman–Crippen LogP) is 2.70. The molecule has 1 aromatic carbocycles. The van der Waals surface area contributed by atoms with Gasteiger partial charge < -0.3 is 0 Å². The van der Waals surface area contributed by atoms with Crippen LogP contribution >= 0.6 is 11.3 Å². The Bertz CT molecular complexity index is 695. The van der Waals surface area contributed by atoms with E-state index in [0.29, 0.717) is 5.95 Å². The molecule has 0 saturated carbocycles. The standard InChI is InChI=1S/C14H11N3OS/c18-13(8-7-10-4-3-9-19-10)17-14-15-11-5-1-2-6-12(11)16-14/h1-9H,(H2,15,16,17,18)/p+1. The fourth-order valence-corrected chi connectivity index (χ4v) is 2.39. The zero-order valence-electron chi connectivity index (χ0n) is 10.0. The Labute approximate surface area is 113 Å². The molecule has 3 aromatic rings. The van der Waals surface area contributed by atoms with E-state index in [9.17, 15) is 4.79 Å². The van der Waals surface area contributed by atoms with Crippen LogP contribution in [0, 0.1) is 0 Å². The fraction of sp³-hybridized carbons (Fsp3) is 0. The third kappa shape index (κ3) is 2.71. The van der Waals surface area contributed by atoms with E-state index < -0.39 is 0 Å². The van der Waals surface area contributed by atoms with Gasteiger partial charge >= 0.3 is 11.9 Å². The summed E-state index contributed by atoms with van der Waals surface area (Å²) in [6.45, 7) is 0. The van der Waals surface area contributed by atoms with E-state index in [1.165, 1.54) is 6.08 Å². The number of amides is 1. The minimum atomic E-state index is -0.170. The Morgan fingerprint density at radius 3 is 2.95 bits per heavy atom. The van der Waals surface area contributed by atoms with Crippen molar-refractivity contribution in [3.8, 4) is 0 Å².